The Hall–Kier alpha value is -1.19. The van der Waals surface area contributed by atoms with Crippen molar-refractivity contribution in [1.82, 2.24) is 4.98 Å². The van der Waals surface area contributed by atoms with Gasteiger partial charge < -0.3 is 5.73 Å². The molecule has 0 radical (unpaired) electrons. The topological polar surface area (TPSA) is 38.9 Å². The Bertz CT molecular complexity index is 487. The smallest absolute Gasteiger partial charge is 0.0975 e. The monoisotopic (exact) mass is 260 g/mol. The van der Waals surface area contributed by atoms with Crippen LogP contribution in [-0.4, -0.2) is 11.5 Å². The first kappa shape index (κ1) is 13.2. The van der Waals surface area contributed by atoms with Crippen LogP contribution in [0.3, 0.4) is 0 Å². The Morgan fingerprint density at radius 1 is 1.22 bits per heavy atom. The molecule has 1 heterocycles. The predicted molar refractivity (Wildman–Crippen MR) is 78.2 cm³/mol. The van der Waals surface area contributed by atoms with E-state index in [1.54, 1.807) is 11.3 Å². The average Bonchev–Trinajstić information content (AvgIpc) is 2.83. The fourth-order valence-corrected chi connectivity index (χ4v) is 2.94. The van der Waals surface area contributed by atoms with Gasteiger partial charge in [0.2, 0.25) is 0 Å². The summed E-state index contributed by atoms with van der Waals surface area (Å²) in [5.74, 6) is 0.344. The number of aromatic nitrogens is 1. The van der Waals surface area contributed by atoms with Gasteiger partial charge in [0.1, 0.15) is 0 Å². The molecule has 0 fully saturated rings. The van der Waals surface area contributed by atoms with Gasteiger partial charge in [-0.2, -0.15) is 0 Å². The van der Waals surface area contributed by atoms with Crippen LogP contribution in [0.2, 0.25) is 0 Å². The van der Waals surface area contributed by atoms with E-state index in [1.807, 2.05) is 6.92 Å². The normalized spacial score (nSPS) is 12.6. The molecule has 1 aromatic carbocycles. The third-order valence-corrected chi connectivity index (χ3v) is 4.31. The maximum atomic E-state index is 5.88. The highest BCUT2D eigenvalue weighted by Crippen LogP contribution is 2.23. The van der Waals surface area contributed by atoms with Gasteiger partial charge in [-0.1, -0.05) is 31.2 Å². The van der Waals surface area contributed by atoms with Gasteiger partial charge in [-0.15, -0.1) is 11.3 Å². The minimum Gasteiger partial charge on any atom is -0.330 e. The van der Waals surface area contributed by atoms with E-state index in [-0.39, 0.29) is 0 Å². The van der Waals surface area contributed by atoms with Crippen LogP contribution in [-0.2, 0) is 12.8 Å². The Labute approximate surface area is 113 Å². The molecule has 0 saturated heterocycles. The summed E-state index contributed by atoms with van der Waals surface area (Å²) in [5, 5.41) is 3.26. The van der Waals surface area contributed by atoms with Crippen LogP contribution in [0.15, 0.2) is 29.6 Å². The lowest BCUT2D eigenvalue weighted by atomic mass is 9.98. The van der Waals surface area contributed by atoms with Crippen molar-refractivity contribution in [1.29, 1.82) is 0 Å². The second-order valence-electron chi connectivity index (χ2n) is 4.63. The Morgan fingerprint density at radius 3 is 2.39 bits per heavy atom. The van der Waals surface area contributed by atoms with E-state index in [9.17, 15) is 0 Å². The number of aryl methyl sites for hydroxylation is 2. The molecule has 0 aliphatic rings. The van der Waals surface area contributed by atoms with Crippen molar-refractivity contribution in [2.24, 2.45) is 5.73 Å². The molecule has 0 aliphatic heterocycles. The quantitative estimate of drug-likeness (QED) is 0.896. The van der Waals surface area contributed by atoms with Crippen LogP contribution < -0.4 is 5.73 Å². The minimum absolute atomic E-state index is 0.344. The Morgan fingerprint density at radius 2 is 1.89 bits per heavy atom. The molecule has 0 spiro atoms. The first-order valence-electron chi connectivity index (χ1n) is 6.42. The molecule has 1 atom stereocenters. The van der Waals surface area contributed by atoms with Gasteiger partial charge in [-0.25, -0.2) is 4.98 Å². The summed E-state index contributed by atoms with van der Waals surface area (Å²) < 4.78 is 0. The summed E-state index contributed by atoms with van der Waals surface area (Å²) in [6.45, 7) is 4.86. The van der Waals surface area contributed by atoms with Crippen molar-refractivity contribution in [3.8, 4) is 0 Å². The first-order valence-corrected chi connectivity index (χ1v) is 7.30. The zero-order valence-electron chi connectivity index (χ0n) is 11.0. The third-order valence-electron chi connectivity index (χ3n) is 3.18. The molecular formula is C15H20N2S. The fraction of sp³-hybridized carbons (Fsp3) is 0.400. The van der Waals surface area contributed by atoms with Gasteiger partial charge in [-0.3, -0.25) is 0 Å². The van der Waals surface area contributed by atoms with E-state index < -0.39 is 0 Å². The molecule has 2 rings (SSSR count). The van der Waals surface area contributed by atoms with Crippen LogP contribution in [0.1, 0.15) is 34.7 Å². The number of hydrogen-bond acceptors (Lipinski definition) is 3. The van der Waals surface area contributed by atoms with Gasteiger partial charge in [0.15, 0.2) is 0 Å². The Kier molecular flexibility index (Phi) is 4.50. The van der Waals surface area contributed by atoms with E-state index in [0.29, 0.717) is 12.5 Å². The molecule has 2 aromatic rings. The van der Waals surface area contributed by atoms with Crippen LogP contribution in [0.4, 0.5) is 0 Å². The maximum Gasteiger partial charge on any atom is 0.0975 e. The number of thiazole rings is 1. The van der Waals surface area contributed by atoms with Crippen molar-refractivity contribution < 1.29 is 0 Å². The molecule has 0 bridgehead atoms. The van der Waals surface area contributed by atoms with Crippen molar-refractivity contribution in [3.63, 3.8) is 0 Å². The maximum absolute atomic E-state index is 5.88. The SMILES string of the molecule is CCc1ccc(CC(CN)c2nc(C)cs2)cc1. The summed E-state index contributed by atoms with van der Waals surface area (Å²) in [7, 11) is 0. The van der Waals surface area contributed by atoms with Crippen LogP contribution in [0, 0.1) is 6.92 Å². The van der Waals surface area contributed by atoms with Gasteiger partial charge in [0.05, 0.1) is 5.01 Å². The average molecular weight is 260 g/mol. The molecule has 1 aromatic heterocycles. The largest absolute Gasteiger partial charge is 0.330 e. The number of nitrogens with zero attached hydrogens (tertiary/aromatic N) is 1. The van der Waals surface area contributed by atoms with Crippen LogP contribution in [0.25, 0.3) is 0 Å². The second-order valence-corrected chi connectivity index (χ2v) is 5.52. The third kappa shape index (κ3) is 3.18. The lowest BCUT2D eigenvalue weighted by molar-refractivity contribution is 0.687. The molecule has 96 valence electrons. The standard InChI is InChI=1S/C15H20N2S/c1-3-12-4-6-13(7-5-12)8-14(9-16)15-17-11(2)10-18-15/h4-7,10,14H,3,8-9,16H2,1-2H3. The summed E-state index contributed by atoms with van der Waals surface area (Å²) in [5.41, 5.74) is 9.70. The molecule has 18 heavy (non-hydrogen) atoms. The van der Waals surface area contributed by atoms with Crippen LogP contribution in [0.5, 0.6) is 0 Å². The zero-order chi connectivity index (χ0) is 13.0. The lowest BCUT2D eigenvalue weighted by Crippen LogP contribution is -2.15. The first-order chi connectivity index (χ1) is 8.72. The molecule has 0 aliphatic carbocycles. The van der Waals surface area contributed by atoms with Crippen molar-refractivity contribution in [2.75, 3.05) is 6.54 Å². The van der Waals surface area contributed by atoms with Gasteiger partial charge in [0, 0.05) is 23.5 Å². The summed E-state index contributed by atoms with van der Waals surface area (Å²) in [6, 6.07) is 8.83. The van der Waals surface area contributed by atoms with Crippen molar-refractivity contribution >= 4 is 11.3 Å². The van der Waals surface area contributed by atoms with E-state index in [2.05, 4.69) is 41.6 Å². The van der Waals surface area contributed by atoms with Gasteiger partial charge in [-0.05, 0) is 30.9 Å². The number of nitrogens with two attached hydrogens (primary N) is 1. The van der Waals surface area contributed by atoms with Crippen LogP contribution >= 0.6 is 11.3 Å². The molecule has 1 unspecified atom stereocenters. The van der Waals surface area contributed by atoms with E-state index in [4.69, 9.17) is 5.73 Å². The van der Waals surface area contributed by atoms with Crippen molar-refractivity contribution in [3.05, 3.63) is 51.5 Å². The second kappa shape index (κ2) is 6.12. The highest BCUT2D eigenvalue weighted by Gasteiger charge is 2.14. The van der Waals surface area contributed by atoms with E-state index in [1.165, 1.54) is 11.1 Å². The highest BCUT2D eigenvalue weighted by molar-refractivity contribution is 7.09. The molecule has 0 saturated carbocycles. The van der Waals surface area contributed by atoms with Gasteiger partial charge in [0.25, 0.3) is 0 Å². The minimum atomic E-state index is 0.344. The predicted octanol–water partition coefficient (Wildman–Crippen LogP) is 3.30. The molecule has 2 N–H and O–H groups in total. The number of rotatable bonds is 5. The molecule has 2 nitrogen and oxygen atoms in total. The Balaban J connectivity index is 2.10. The lowest BCUT2D eigenvalue weighted by Gasteiger charge is -2.12. The van der Waals surface area contributed by atoms with E-state index in [0.717, 1.165) is 23.5 Å². The molecule has 3 heteroatoms. The van der Waals surface area contributed by atoms with Crippen molar-refractivity contribution in [2.45, 2.75) is 32.6 Å². The fourth-order valence-electron chi connectivity index (χ4n) is 2.03. The molecular weight excluding hydrogens is 240 g/mol. The highest BCUT2D eigenvalue weighted by atomic mass is 32.1. The number of benzene rings is 1. The molecule has 0 amide bonds. The summed E-state index contributed by atoms with van der Waals surface area (Å²) in [4.78, 5) is 4.55. The van der Waals surface area contributed by atoms with Gasteiger partial charge >= 0.3 is 0 Å². The summed E-state index contributed by atoms with van der Waals surface area (Å²) in [6.07, 6.45) is 2.07. The van der Waals surface area contributed by atoms with E-state index >= 15 is 0 Å². The number of hydrogen-bond donors (Lipinski definition) is 1. The summed E-state index contributed by atoms with van der Waals surface area (Å²) >= 11 is 1.72. The zero-order valence-corrected chi connectivity index (χ0v) is 11.8.